The van der Waals surface area contributed by atoms with Crippen molar-refractivity contribution in [1.82, 2.24) is 4.90 Å². The van der Waals surface area contributed by atoms with Crippen LogP contribution in [-0.2, 0) is 9.53 Å². The van der Waals surface area contributed by atoms with Crippen LogP contribution in [0.2, 0.25) is 0 Å². The largest absolute Gasteiger partial charge is 0.444 e. The van der Waals surface area contributed by atoms with Gasteiger partial charge in [0.05, 0.1) is 0 Å². The minimum absolute atomic E-state index is 0.159. The van der Waals surface area contributed by atoms with E-state index in [1.165, 1.54) is 23.1 Å². The van der Waals surface area contributed by atoms with Gasteiger partial charge in [0.15, 0.2) is 0 Å². The highest BCUT2D eigenvalue weighted by molar-refractivity contribution is 5.75. The van der Waals surface area contributed by atoms with Crippen molar-refractivity contribution in [3.05, 3.63) is 35.6 Å². The molecule has 0 aliphatic carbocycles. The molecule has 0 heterocycles. The van der Waals surface area contributed by atoms with Crippen LogP contribution in [0.3, 0.4) is 0 Å². The van der Waals surface area contributed by atoms with E-state index in [9.17, 15) is 14.0 Å². The molecule has 0 saturated carbocycles. The Morgan fingerprint density at radius 3 is 2.29 bits per heavy atom. The molecule has 1 unspecified atom stereocenters. The molecule has 1 aromatic carbocycles. The molecule has 1 atom stereocenters. The Balaban J connectivity index is 3.16. The molecule has 0 aromatic heterocycles. The molecule has 1 aromatic rings. The maximum absolute atomic E-state index is 13.9. The zero-order valence-corrected chi connectivity index (χ0v) is 13.1. The summed E-state index contributed by atoms with van der Waals surface area (Å²) in [6.45, 7) is 8.72. The van der Waals surface area contributed by atoms with E-state index in [1.807, 2.05) is 0 Å². The number of carbonyl (C=O) groups excluding carboxylic acids is 2. The van der Waals surface area contributed by atoms with Crippen LogP contribution in [0.4, 0.5) is 9.18 Å². The fraction of sp³-hybridized carbons (Fsp3) is 0.500. The first-order valence-electron chi connectivity index (χ1n) is 6.88. The van der Waals surface area contributed by atoms with E-state index < -0.39 is 23.6 Å². The van der Waals surface area contributed by atoms with Crippen LogP contribution in [0.5, 0.6) is 0 Å². The van der Waals surface area contributed by atoms with Gasteiger partial charge in [0.1, 0.15) is 23.7 Å². The van der Waals surface area contributed by atoms with Gasteiger partial charge >= 0.3 is 6.09 Å². The standard InChI is InChI=1S/C16H22FNO3/c1-11(2)18(15(20)21-16(3,4)5)14(10-19)12-8-6-7-9-13(12)17/h6-11,14H,1-5H3. The van der Waals surface area contributed by atoms with Crippen molar-refractivity contribution in [2.45, 2.75) is 52.3 Å². The second kappa shape index (κ2) is 6.70. The molecule has 0 aliphatic heterocycles. The molecule has 1 amide bonds. The van der Waals surface area contributed by atoms with Gasteiger partial charge in [-0.05, 0) is 40.7 Å². The highest BCUT2D eigenvalue weighted by Crippen LogP contribution is 2.25. The van der Waals surface area contributed by atoms with Gasteiger partial charge < -0.3 is 9.53 Å². The van der Waals surface area contributed by atoms with E-state index in [-0.39, 0.29) is 11.6 Å². The molecule has 0 aliphatic rings. The Labute approximate surface area is 124 Å². The molecule has 21 heavy (non-hydrogen) atoms. The van der Waals surface area contributed by atoms with Crippen molar-refractivity contribution >= 4 is 12.4 Å². The molecule has 4 nitrogen and oxygen atoms in total. The predicted octanol–water partition coefficient (Wildman–Crippen LogP) is 3.71. The first kappa shape index (κ1) is 17.1. The third kappa shape index (κ3) is 4.55. The zero-order chi connectivity index (χ0) is 16.2. The fourth-order valence-corrected chi connectivity index (χ4v) is 1.96. The van der Waals surface area contributed by atoms with Crippen molar-refractivity contribution in [2.75, 3.05) is 0 Å². The highest BCUT2D eigenvalue weighted by atomic mass is 19.1. The smallest absolute Gasteiger partial charge is 0.411 e. The third-order valence-electron chi connectivity index (χ3n) is 2.81. The Bertz CT molecular complexity index is 508. The summed E-state index contributed by atoms with van der Waals surface area (Å²) >= 11 is 0. The van der Waals surface area contributed by atoms with Crippen molar-refractivity contribution in [2.24, 2.45) is 0 Å². The van der Waals surface area contributed by atoms with Gasteiger partial charge in [-0.25, -0.2) is 9.18 Å². The minimum Gasteiger partial charge on any atom is -0.444 e. The molecule has 0 saturated heterocycles. The maximum atomic E-state index is 13.9. The van der Waals surface area contributed by atoms with Gasteiger partial charge in [0.2, 0.25) is 0 Å². The van der Waals surface area contributed by atoms with Gasteiger partial charge in [0, 0.05) is 11.6 Å². The number of ether oxygens (including phenoxy) is 1. The third-order valence-corrected chi connectivity index (χ3v) is 2.81. The van der Waals surface area contributed by atoms with E-state index in [2.05, 4.69) is 0 Å². The molecule has 5 heteroatoms. The highest BCUT2D eigenvalue weighted by Gasteiger charge is 2.32. The van der Waals surface area contributed by atoms with Crippen molar-refractivity contribution < 1.29 is 18.7 Å². The number of benzene rings is 1. The molecule has 1 rings (SSSR count). The Morgan fingerprint density at radius 1 is 1.29 bits per heavy atom. The fourth-order valence-electron chi connectivity index (χ4n) is 1.96. The lowest BCUT2D eigenvalue weighted by molar-refractivity contribution is -0.113. The Hall–Kier alpha value is -1.91. The van der Waals surface area contributed by atoms with Crippen LogP contribution in [0.1, 0.15) is 46.2 Å². The maximum Gasteiger partial charge on any atom is 0.411 e. The molecule has 116 valence electrons. The second-order valence-corrected chi connectivity index (χ2v) is 6.08. The minimum atomic E-state index is -1.01. The number of amides is 1. The zero-order valence-electron chi connectivity index (χ0n) is 13.1. The number of nitrogens with zero attached hydrogens (tertiary/aromatic N) is 1. The topological polar surface area (TPSA) is 46.6 Å². The Morgan fingerprint density at radius 2 is 1.86 bits per heavy atom. The van der Waals surface area contributed by atoms with Crippen LogP contribution in [-0.4, -0.2) is 28.9 Å². The summed E-state index contributed by atoms with van der Waals surface area (Å²) in [7, 11) is 0. The lowest BCUT2D eigenvalue weighted by Gasteiger charge is -2.34. The van der Waals surface area contributed by atoms with Crippen LogP contribution in [0.25, 0.3) is 0 Å². The first-order chi connectivity index (χ1) is 9.67. The van der Waals surface area contributed by atoms with Gasteiger partial charge in [-0.3, -0.25) is 4.90 Å². The van der Waals surface area contributed by atoms with Crippen molar-refractivity contribution in [1.29, 1.82) is 0 Å². The monoisotopic (exact) mass is 295 g/mol. The summed E-state index contributed by atoms with van der Waals surface area (Å²) in [5.74, 6) is -0.524. The molecule has 0 spiro atoms. The Kier molecular flexibility index (Phi) is 5.47. The van der Waals surface area contributed by atoms with Crippen molar-refractivity contribution in [3.63, 3.8) is 0 Å². The SMILES string of the molecule is CC(C)N(C(=O)OC(C)(C)C)C(C=O)c1ccccc1F. The lowest BCUT2D eigenvalue weighted by atomic mass is 10.0. The molecule has 0 bridgehead atoms. The van der Waals surface area contributed by atoms with Crippen LogP contribution < -0.4 is 0 Å². The number of rotatable bonds is 4. The molecule has 0 radical (unpaired) electrons. The summed E-state index contributed by atoms with van der Waals surface area (Å²) in [6.07, 6.45) is -0.0830. The van der Waals surface area contributed by atoms with E-state index in [0.717, 1.165) is 0 Å². The van der Waals surface area contributed by atoms with E-state index in [0.29, 0.717) is 6.29 Å². The lowest BCUT2D eigenvalue weighted by Crippen LogP contribution is -2.44. The summed E-state index contributed by atoms with van der Waals surface area (Å²) in [6, 6.07) is 4.60. The molecular formula is C16H22FNO3. The summed E-state index contributed by atoms with van der Waals surface area (Å²) in [5, 5.41) is 0. The summed E-state index contributed by atoms with van der Waals surface area (Å²) < 4.78 is 19.2. The number of hydrogen-bond donors (Lipinski definition) is 0. The van der Waals surface area contributed by atoms with E-state index >= 15 is 0 Å². The average Bonchev–Trinajstić information content (AvgIpc) is 2.34. The second-order valence-electron chi connectivity index (χ2n) is 6.08. The number of aldehydes is 1. The van der Waals surface area contributed by atoms with E-state index in [4.69, 9.17) is 4.74 Å². The number of hydrogen-bond acceptors (Lipinski definition) is 3. The van der Waals surface area contributed by atoms with Crippen molar-refractivity contribution in [3.8, 4) is 0 Å². The first-order valence-corrected chi connectivity index (χ1v) is 6.88. The number of carbonyl (C=O) groups is 2. The van der Waals surface area contributed by atoms with Gasteiger partial charge in [-0.15, -0.1) is 0 Å². The van der Waals surface area contributed by atoms with E-state index in [1.54, 1.807) is 40.7 Å². The van der Waals surface area contributed by atoms with Crippen LogP contribution in [0, 0.1) is 5.82 Å². The van der Waals surface area contributed by atoms with Crippen LogP contribution in [0.15, 0.2) is 24.3 Å². The molecule has 0 N–H and O–H groups in total. The number of halogens is 1. The molecule has 0 fully saturated rings. The van der Waals surface area contributed by atoms with Gasteiger partial charge in [-0.1, -0.05) is 18.2 Å². The average molecular weight is 295 g/mol. The van der Waals surface area contributed by atoms with Gasteiger partial charge in [-0.2, -0.15) is 0 Å². The predicted molar refractivity (Wildman–Crippen MR) is 78.4 cm³/mol. The normalized spacial score (nSPS) is 12.9. The quantitative estimate of drug-likeness (QED) is 0.795. The molecular weight excluding hydrogens is 273 g/mol. The van der Waals surface area contributed by atoms with Gasteiger partial charge in [0.25, 0.3) is 0 Å². The van der Waals surface area contributed by atoms with Crippen LogP contribution >= 0.6 is 0 Å². The summed E-state index contributed by atoms with van der Waals surface area (Å²) in [4.78, 5) is 25.0. The summed E-state index contributed by atoms with van der Waals surface area (Å²) in [5.41, 5.74) is -0.528.